The van der Waals surface area contributed by atoms with Gasteiger partial charge in [0.25, 0.3) is 0 Å². The molecule has 26 heavy (non-hydrogen) atoms. The number of hydrogen-bond donors (Lipinski definition) is 3. The first-order valence-corrected chi connectivity index (χ1v) is 8.11. The number of carbonyl (C=O) groups is 1. The van der Waals surface area contributed by atoms with Gasteiger partial charge >= 0.3 is 5.97 Å². The van der Waals surface area contributed by atoms with Crippen LogP contribution >= 0.6 is 12.2 Å². The number of thiocarbonyl (C=S) groups is 1. The fraction of sp³-hybridized carbons (Fsp3) is 0. The predicted octanol–water partition coefficient (Wildman–Crippen LogP) is 3.97. The summed E-state index contributed by atoms with van der Waals surface area (Å²) < 4.78 is 5.67. The van der Waals surface area contributed by atoms with Gasteiger partial charge in [-0.05, 0) is 48.6 Å². The van der Waals surface area contributed by atoms with Crippen LogP contribution in [0.15, 0.2) is 76.2 Å². The Bertz CT molecular complexity index is 934. The lowest BCUT2D eigenvalue weighted by atomic mass is 10.1. The summed E-state index contributed by atoms with van der Waals surface area (Å²) in [6.45, 7) is 0. The number of aromatic carboxylic acids is 1. The van der Waals surface area contributed by atoms with Gasteiger partial charge in [-0.25, -0.2) is 4.79 Å². The van der Waals surface area contributed by atoms with Crippen LogP contribution in [0.25, 0.3) is 11.3 Å². The lowest BCUT2D eigenvalue weighted by Gasteiger charge is -2.05. The minimum Gasteiger partial charge on any atom is -0.478 e. The van der Waals surface area contributed by atoms with E-state index in [9.17, 15) is 4.79 Å². The zero-order chi connectivity index (χ0) is 18.4. The molecule has 0 amide bonds. The number of rotatable bonds is 5. The molecule has 0 unspecified atom stereocenters. The van der Waals surface area contributed by atoms with Gasteiger partial charge in [0.2, 0.25) is 0 Å². The van der Waals surface area contributed by atoms with Gasteiger partial charge in [0, 0.05) is 11.3 Å². The summed E-state index contributed by atoms with van der Waals surface area (Å²) in [5.74, 6) is 0.195. The molecule has 0 aliphatic heterocycles. The highest BCUT2D eigenvalue weighted by Gasteiger charge is 2.06. The van der Waals surface area contributed by atoms with Crippen LogP contribution in [0.5, 0.6) is 0 Å². The largest absolute Gasteiger partial charge is 0.478 e. The van der Waals surface area contributed by atoms with Crippen molar-refractivity contribution in [3.8, 4) is 11.3 Å². The minimum absolute atomic E-state index is 0.228. The first kappa shape index (κ1) is 17.4. The van der Waals surface area contributed by atoms with Gasteiger partial charge in [-0.15, -0.1) is 0 Å². The topological polar surface area (TPSA) is 86.9 Å². The minimum atomic E-state index is -0.963. The fourth-order valence-electron chi connectivity index (χ4n) is 2.19. The van der Waals surface area contributed by atoms with E-state index in [0.29, 0.717) is 16.6 Å². The molecule has 130 valence electrons. The van der Waals surface area contributed by atoms with Gasteiger partial charge in [-0.2, -0.15) is 5.10 Å². The summed E-state index contributed by atoms with van der Waals surface area (Å²) in [5.41, 5.74) is 4.59. The van der Waals surface area contributed by atoms with Crippen LogP contribution < -0.4 is 10.7 Å². The number of benzene rings is 2. The van der Waals surface area contributed by atoms with Crippen molar-refractivity contribution in [2.45, 2.75) is 0 Å². The Kier molecular flexibility index (Phi) is 5.40. The van der Waals surface area contributed by atoms with Crippen LogP contribution in [-0.4, -0.2) is 22.4 Å². The van der Waals surface area contributed by atoms with Gasteiger partial charge in [-0.3, -0.25) is 5.43 Å². The van der Waals surface area contributed by atoms with Gasteiger partial charge in [-0.1, -0.05) is 30.3 Å². The SMILES string of the molecule is O=C(O)c1ccc(-c2ccc(C=NNC(=S)Nc3ccccc3)o2)cc1. The molecule has 2 aromatic carbocycles. The van der Waals surface area contributed by atoms with Crippen LogP contribution in [0.3, 0.4) is 0 Å². The maximum atomic E-state index is 10.9. The van der Waals surface area contributed by atoms with E-state index in [0.717, 1.165) is 11.3 Å². The third-order valence-electron chi connectivity index (χ3n) is 3.43. The van der Waals surface area contributed by atoms with Crippen molar-refractivity contribution >= 4 is 35.2 Å². The summed E-state index contributed by atoms with van der Waals surface area (Å²) >= 11 is 5.15. The first-order valence-electron chi connectivity index (χ1n) is 7.70. The standard InChI is InChI=1S/C19H15N3O3S/c23-18(24)14-8-6-13(7-9-14)17-11-10-16(25-17)12-20-22-19(26)21-15-4-2-1-3-5-15/h1-12H,(H,23,24)(H2,21,22,26). The molecule has 0 bridgehead atoms. The number of carboxylic acid groups (broad SMARTS) is 1. The van der Waals surface area contributed by atoms with Crippen LogP contribution in [0.2, 0.25) is 0 Å². The Labute approximate surface area is 155 Å². The summed E-state index contributed by atoms with van der Waals surface area (Å²) in [4.78, 5) is 10.9. The molecule has 0 aliphatic carbocycles. The number of nitrogens with one attached hydrogen (secondary N) is 2. The van der Waals surface area contributed by atoms with E-state index in [1.54, 1.807) is 24.3 Å². The fourth-order valence-corrected chi connectivity index (χ4v) is 2.36. The van der Waals surface area contributed by atoms with E-state index < -0.39 is 5.97 Å². The highest BCUT2D eigenvalue weighted by molar-refractivity contribution is 7.80. The molecule has 3 N–H and O–H groups in total. The average Bonchev–Trinajstić information content (AvgIpc) is 3.11. The molecule has 1 heterocycles. The number of hydrazone groups is 1. The summed E-state index contributed by atoms with van der Waals surface area (Å²) in [6, 6.07) is 19.5. The Morgan fingerprint density at radius 1 is 1.04 bits per heavy atom. The lowest BCUT2D eigenvalue weighted by molar-refractivity contribution is 0.0697. The molecule has 0 atom stereocenters. The zero-order valence-electron chi connectivity index (χ0n) is 13.5. The Hall–Kier alpha value is -3.45. The molecule has 0 spiro atoms. The Balaban J connectivity index is 1.58. The quantitative estimate of drug-likeness (QED) is 0.360. The number of furan rings is 1. The molecule has 0 fully saturated rings. The molecule has 0 saturated heterocycles. The number of para-hydroxylation sites is 1. The Morgan fingerprint density at radius 2 is 1.77 bits per heavy atom. The summed E-state index contributed by atoms with van der Waals surface area (Å²) in [7, 11) is 0. The van der Waals surface area contributed by atoms with Crippen molar-refractivity contribution in [1.82, 2.24) is 5.43 Å². The van der Waals surface area contributed by atoms with Gasteiger partial charge < -0.3 is 14.8 Å². The monoisotopic (exact) mass is 365 g/mol. The van der Waals surface area contributed by atoms with Crippen molar-refractivity contribution in [1.29, 1.82) is 0 Å². The third kappa shape index (κ3) is 4.55. The van der Waals surface area contributed by atoms with E-state index in [2.05, 4.69) is 15.8 Å². The molecule has 1 aromatic heterocycles. The smallest absolute Gasteiger partial charge is 0.335 e. The molecule has 0 radical (unpaired) electrons. The highest BCUT2D eigenvalue weighted by Crippen LogP contribution is 2.22. The highest BCUT2D eigenvalue weighted by atomic mass is 32.1. The van der Waals surface area contributed by atoms with Crippen molar-refractivity contribution in [3.63, 3.8) is 0 Å². The predicted molar refractivity (Wildman–Crippen MR) is 104 cm³/mol. The normalized spacial score (nSPS) is 10.6. The van der Waals surface area contributed by atoms with E-state index in [-0.39, 0.29) is 5.56 Å². The summed E-state index contributed by atoms with van der Waals surface area (Å²) in [6.07, 6.45) is 1.51. The molecular weight excluding hydrogens is 350 g/mol. The van der Waals surface area contributed by atoms with Crippen LogP contribution in [0, 0.1) is 0 Å². The van der Waals surface area contributed by atoms with E-state index in [4.69, 9.17) is 21.7 Å². The molecule has 7 heteroatoms. The maximum Gasteiger partial charge on any atom is 0.335 e. The van der Waals surface area contributed by atoms with Crippen molar-refractivity contribution in [2.75, 3.05) is 5.32 Å². The number of hydrogen-bond acceptors (Lipinski definition) is 4. The van der Waals surface area contributed by atoms with Crippen LogP contribution in [0.4, 0.5) is 5.69 Å². The summed E-state index contributed by atoms with van der Waals surface area (Å²) in [5, 5.41) is 16.3. The number of nitrogens with zero attached hydrogens (tertiary/aromatic N) is 1. The first-order chi connectivity index (χ1) is 12.6. The maximum absolute atomic E-state index is 10.9. The number of anilines is 1. The van der Waals surface area contributed by atoms with Gasteiger partial charge in [0.05, 0.1) is 11.8 Å². The lowest BCUT2D eigenvalue weighted by Crippen LogP contribution is -2.23. The molecule has 0 aliphatic rings. The average molecular weight is 365 g/mol. The van der Waals surface area contributed by atoms with Crippen LogP contribution in [0.1, 0.15) is 16.1 Å². The molecule has 6 nitrogen and oxygen atoms in total. The molecule has 0 saturated carbocycles. The van der Waals surface area contributed by atoms with Crippen molar-refractivity contribution < 1.29 is 14.3 Å². The van der Waals surface area contributed by atoms with E-state index in [1.165, 1.54) is 18.3 Å². The Morgan fingerprint density at radius 3 is 2.46 bits per heavy atom. The van der Waals surface area contributed by atoms with E-state index in [1.807, 2.05) is 30.3 Å². The molecular formula is C19H15N3O3S. The van der Waals surface area contributed by atoms with E-state index >= 15 is 0 Å². The second-order valence-electron chi connectivity index (χ2n) is 5.27. The zero-order valence-corrected chi connectivity index (χ0v) is 14.4. The van der Waals surface area contributed by atoms with Crippen molar-refractivity contribution in [3.05, 3.63) is 78.1 Å². The third-order valence-corrected chi connectivity index (χ3v) is 3.63. The number of carboxylic acids is 1. The van der Waals surface area contributed by atoms with Gasteiger partial charge in [0.15, 0.2) is 5.11 Å². The second-order valence-corrected chi connectivity index (χ2v) is 5.68. The van der Waals surface area contributed by atoms with Crippen molar-refractivity contribution in [2.24, 2.45) is 5.10 Å². The van der Waals surface area contributed by atoms with Crippen LogP contribution in [-0.2, 0) is 0 Å². The molecule has 3 aromatic rings. The van der Waals surface area contributed by atoms with Gasteiger partial charge in [0.1, 0.15) is 11.5 Å². The second kappa shape index (κ2) is 8.09. The molecule has 3 rings (SSSR count).